The van der Waals surface area contributed by atoms with E-state index in [1.807, 2.05) is 0 Å². The Morgan fingerprint density at radius 1 is 1.08 bits per heavy atom. The number of nitrogens with one attached hydrogen (secondary N) is 1. The van der Waals surface area contributed by atoms with E-state index in [9.17, 15) is 18.0 Å². The summed E-state index contributed by atoms with van der Waals surface area (Å²) in [6.07, 6.45) is -2.77. The molecule has 134 valence electrons. The number of para-hydroxylation sites is 1. The number of alkyl halides is 3. The molecule has 3 rings (SSSR count). The molecule has 0 saturated heterocycles. The van der Waals surface area contributed by atoms with Gasteiger partial charge in [-0.05, 0) is 30.7 Å². The quantitative estimate of drug-likeness (QED) is 0.739. The molecule has 0 unspecified atom stereocenters. The van der Waals surface area contributed by atoms with Crippen LogP contribution in [0.3, 0.4) is 0 Å². The zero-order valence-electron chi connectivity index (χ0n) is 14.1. The molecule has 0 saturated carbocycles. The van der Waals surface area contributed by atoms with Crippen LogP contribution in [0.1, 0.15) is 21.6 Å². The van der Waals surface area contributed by atoms with Crippen LogP contribution in [0.2, 0.25) is 0 Å². The second kappa shape index (κ2) is 6.67. The van der Waals surface area contributed by atoms with Crippen molar-refractivity contribution in [2.75, 3.05) is 5.32 Å². The predicted octanol–water partition coefficient (Wildman–Crippen LogP) is 4.67. The summed E-state index contributed by atoms with van der Waals surface area (Å²) in [5, 5.41) is 6.95. The first-order valence-corrected chi connectivity index (χ1v) is 7.84. The minimum absolute atomic E-state index is 0.324. The molecule has 1 aromatic heterocycles. The maximum Gasteiger partial charge on any atom is 0.416 e. The summed E-state index contributed by atoms with van der Waals surface area (Å²) < 4.78 is 39.8. The Hall–Kier alpha value is -3.09. The molecule has 0 radical (unpaired) electrons. The summed E-state index contributed by atoms with van der Waals surface area (Å²) in [5.41, 5.74) is 2.05. The lowest BCUT2D eigenvalue weighted by Gasteiger charge is -2.12. The van der Waals surface area contributed by atoms with Crippen molar-refractivity contribution < 1.29 is 18.0 Å². The monoisotopic (exact) mass is 359 g/mol. The first-order chi connectivity index (χ1) is 12.3. The highest BCUT2D eigenvalue weighted by molar-refractivity contribution is 6.06. The van der Waals surface area contributed by atoms with Crippen molar-refractivity contribution in [2.24, 2.45) is 7.05 Å². The van der Waals surface area contributed by atoms with E-state index < -0.39 is 11.7 Å². The highest BCUT2D eigenvalue weighted by Gasteiger charge is 2.30. The molecular formula is C19H16F3N3O. The topological polar surface area (TPSA) is 46.9 Å². The normalized spacial score (nSPS) is 11.4. The van der Waals surface area contributed by atoms with Crippen LogP contribution in [0, 0.1) is 6.92 Å². The fourth-order valence-electron chi connectivity index (χ4n) is 2.69. The zero-order chi connectivity index (χ0) is 18.9. The van der Waals surface area contributed by atoms with Gasteiger partial charge in [-0.1, -0.05) is 30.3 Å². The number of hydrogen-bond acceptors (Lipinski definition) is 2. The number of carbonyl (C=O) groups excluding carboxylic acids is 1. The van der Waals surface area contributed by atoms with Crippen molar-refractivity contribution in [2.45, 2.75) is 13.1 Å². The van der Waals surface area contributed by atoms with Crippen LogP contribution >= 0.6 is 0 Å². The lowest BCUT2D eigenvalue weighted by molar-refractivity contribution is -0.137. The summed E-state index contributed by atoms with van der Waals surface area (Å²) in [5.74, 6) is -0.324. The van der Waals surface area contributed by atoms with Crippen molar-refractivity contribution in [3.63, 3.8) is 0 Å². The molecule has 3 aromatic rings. The second-order valence-electron chi connectivity index (χ2n) is 5.88. The molecule has 2 aromatic carbocycles. The number of aromatic nitrogens is 2. The SMILES string of the molecule is Cc1nn(C)cc1C(=O)Nc1ccccc1-c1ccc(C(F)(F)F)cc1. The predicted molar refractivity (Wildman–Crippen MR) is 92.8 cm³/mol. The third-order valence-electron chi connectivity index (χ3n) is 3.96. The maximum absolute atomic E-state index is 12.7. The molecule has 0 aliphatic rings. The van der Waals surface area contributed by atoms with Gasteiger partial charge in [0.2, 0.25) is 0 Å². The van der Waals surface area contributed by atoms with Gasteiger partial charge in [-0.25, -0.2) is 0 Å². The van der Waals surface area contributed by atoms with E-state index in [2.05, 4.69) is 10.4 Å². The number of benzene rings is 2. The van der Waals surface area contributed by atoms with E-state index in [0.29, 0.717) is 28.1 Å². The van der Waals surface area contributed by atoms with E-state index in [0.717, 1.165) is 12.1 Å². The van der Waals surface area contributed by atoms with Crippen molar-refractivity contribution >= 4 is 11.6 Å². The maximum atomic E-state index is 12.7. The van der Waals surface area contributed by atoms with Gasteiger partial charge < -0.3 is 5.32 Å². The lowest BCUT2D eigenvalue weighted by Crippen LogP contribution is -2.13. The van der Waals surface area contributed by atoms with E-state index in [-0.39, 0.29) is 5.91 Å². The standard InChI is InChI=1S/C19H16F3N3O/c1-12-16(11-25(2)24-12)18(26)23-17-6-4-3-5-15(17)13-7-9-14(10-8-13)19(20,21)22/h3-11H,1-2H3,(H,23,26). The fourth-order valence-corrected chi connectivity index (χ4v) is 2.69. The van der Waals surface area contributed by atoms with Gasteiger partial charge in [0.1, 0.15) is 0 Å². The Kier molecular flexibility index (Phi) is 4.54. The summed E-state index contributed by atoms with van der Waals surface area (Å²) in [7, 11) is 1.72. The largest absolute Gasteiger partial charge is 0.416 e. The van der Waals surface area contributed by atoms with Crippen LogP contribution in [0.5, 0.6) is 0 Å². The summed E-state index contributed by atoms with van der Waals surface area (Å²) >= 11 is 0. The molecule has 0 fully saturated rings. The molecule has 1 N–H and O–H groups in total. The van der Waals surface area contributed by atoms with Gasteiger partial charge in [0.25, 0.3) is 5.91 Å². The van der Waals surface area contributed by atoms with Crippen LogP contribution in [0.4, 0.5) is 18.9 Å². The van der Waals surface area contributed by atoms with Gasteiger partial charge in [0, 0.05) is 24.5 Å². The van der Waals surface area contributed by atoms with Crippen molar-refractivity contribution in [1.29, 1.82) is 0 Å². The van der Waals surface area contributed by atoms with Crippen LogP contribution in [-0.2, 0) is 13.2 Å². The number of hydrogen-bond donors (Lipinski definition) is 1. The van der Waals surface area contributed by atoms with Crippen LogP contribution < -0.4 is 5.32 Å². The molecule has 4 nitrogen and oxygen atoms in total. The van der Waals surface area contributed by atoms with E-state index in [1.165, 1.54) is 12.1 Å². The van der Waals surface area contributed by atoms with Crippen molar-refractivity contribution in [3.8, 4) is 11.1 Å². The van der Waals surface area contributed by atoms with Gasteiger partial charge in [-0.15, -0.1) is 0 Å². The lowest BCUT2D eigenvalue weighted by atomic mass is 10.0. The number of halogens is 3. The molecule has 0 aliphatic carbocycles. The zero-order valence-corrected chi connectivity index (χ0v) is 14.1. The molecule has 0 atom stereocenters. The summed E-state index contributed by atoms with van der Waals surface area (Å²) in [6, 6.07) is 11.8. The van der Waals surface area contributed by atoms with Gasteiger partial charge in [0.05, 0.1) is 16.8 Å². The van der Waals surface area contributed by atoms with E-state index in [1.54, 1.807) is 49.1 Å². The first kappa shape index (κ1) is 17.7. The number of carbonyl (C=O) groups is 1. The average Bonchev–Trinajstić information content (AvgIpc) is 2.93. The third kappa shape index (κ3) is 3.61. The highest BCUT2D eigenvalue weighted by Crippen LogP contribution is 2.33. The molecular weight excluding hydrogens is 343 g/mol. The van der Waals surface area contributed by atoms with Gasteiger partial charge in [-0.2, -0.15) is 18.3 Å². The average molecular weight is 359 g/mol. The fraction of sp³-hybridized carbons (Fsp3) is 0.158. The summed E-state index contributed by atoms with van der Waals surface area (Å²) in [6.45, 7) is 1.73. The Morgan fingerprint density at radius 3 is 2.31 bits per heavy atom. The third-order valence-corrected chi connectivity index (χ3v) is 3.96. The van der Waals surface area contributed by atoms with Crippen LogP contribution in [0.15, 0.2) is 54.7 Å². The summed E-state index contributed by atoms with van der Waals surface area (Å²) in [4.78, 5) is 12.5. The van der Waals surface area contributed by atoms with Gasteiger partial charge in [-0.3, -0.25) is 9.48 Å². The number of amides is 1. The molecule has 1 heterocycles. The Morgan fingerprint density at radius 2 is 1.73 bits per heavy atom. The molecule has 7 heteroatoms. The first-order valence-electron chi connectivity index (χ1n) is 7.84. The minimum Gasteiger partial charge on any atom is -0.321 e. The minimum atomic E-state index is -4.38. The highest BCUT2D eigenvalue weighted by atomic mass is 19.4. The number of rotatable bonds is 3. The smallest absolute Gasteiger partial charge is 0.321 e. The molecule has 0 spiro atoms. The van der Waals surface area contributed by atoms with Crippen LogP contribution in [-0.4, -0.2) is 15.7 Å². The Labute approximate surface area is 148 Å². The van der Waals surface area contributed by atoms with Crippen molar-refractivity contribution in [3.05, 3.63) is 71.5 Å². The molecule has 1 amide bonds. The number of anilines is 1. The van der Waals surface area contributed by atoms with E-state index in [4.69, 9.17) is 0 Å². The second-order valence-corrected chi connectivity index (χ2v) is 5.88. The molecule has 0 aliphatic heterocycles. The van der Waals surface area contributed by atoms with Gasteiger partial charge >= 0.3 is 6.18 Å². The van der Waals surface area contributed by atoms with Crippen molar-refractivity contribution in [1.82, 2.24) is 9.78 Å². The number of aryl methyl sites for hydroxylation is 2. The van der Waals surface area contributed by atoms with E-state index >= 15 is 0 Å². The Bertz CT molecular complexity index is 943. The van der Waals surface area contributed by atoms with Gasteiger partial charge in [0.15, 0.2) is 0 Å². The number of nitrogens with zero attached hydrogens (tertiary/aromatic N) is 2. The molecule has 0 bridgehead atoms. The molecule has 26 heavy (non-hydrogen) atoms. The van der Waals surface area contributed by atoms with Crippen LogP contribution in [0.25, 0.3) is 11.1 Å². The Balaban J connectivity index is 1.91.